The van der Waals surface area contributed by atoms with Crippen molar-refractivity contribution in [1.82, 2.24) is 20.0 Å². The van der Waals surface area contributed by atoms with Crippen molar-refractivity contribution < 1.29 is 0 Å². The van der Waals surface area contributed by atoms with E-state index in [1.54, 1.807) is 0 Å². The fourth-order valence-corrected chi connectivity index (χ4v) is 1.76. The van der Waals surface area contributed by atoms with Gasteiger partial charge in [0.05, 0.1) is 5.69 Å². The first-order valence-corrected chi connectivity index (χ1v) is 5.48. The molecule has 1 unspecified atom stereocenters. The Morgan fingerprint density at radius 3 is 2.73 bits per heavy atom. The maximum Gasteiger partial charge on any atom is 0.0640 e. The van der Waals surface area contributed by atoms with E-state index in [-0.39, 0.29) is 0 Å². The Balaban J connectivity index is 2.50. The van der Waals surface area contributed by atoms with Crippen LogP contribution in [0.1, 0.15) is 12.6 Å². The van der Waals surface area contributed by atoms with Crippen LogP contribution in [0.25, 0.3) is 0 Å². The molecule has 15 heavy (non-hydrogen) atoms. The Labute approximate surface area is 92.3 Å². The Morgan fingerprint density at radius 2 is 2.27 bits per heavy atom. The second kappa shape index (κ2) is 5.88. The molecule has 0 saturated heterocycles. The normalized spacial score (nSPS) is 13.4. The topological polar surface area (TPSA) is 33.1 Å². The Bertz CT molecular complexity index is 280. The predicted octanol–water partition coefficient (Wildman–Crippen LogP) is 0.502. The first-order chi connectivity index (χ1) is 7.11. The molecule has 0 aliphatic carbocycles. The summed E-state index contributed by atoms with van der Waals surface area (Å²) in [5.41, 5.74) is 1.16. The molecule has 0 bridgehead atoms. The lowest BCUT2D eigenvalue weighted by Gasteiger charge is -2.20. The summed E-state index contributed by atoms with van der Waals surface area (Å²) in [5, 5.41) is 7.88. The molecule has 1 heterocycles. The number of aromatic nitrogens is 2. The van der Waals surface area contributed by atoms with Crippen LogP contribution in [-0.2, 0) is 13.5 Å². The number of hydrogen-bond donors (Lipinski definition) is 1. The van der Waals surface area contributed by atoms with Gasteiger partial charge in [0.15, 0.2) is 0 Å². The average Bonchev–Trinajstić information content (AvgIpc) is 2.50. The molecule has 0 spiro atoms. The second-order valence-electron chi connectivity index (χ2n) is 4.20. The molecule has 0 amide bonds. The number of likely N-dealkylation sites (N-methyl/N-ethyl adjacent to an activating group) is 2. The van der Waals surface area contributed by atoms with Crippen molar-refractivity contribution in [3.63, 3.8) is 0 Å². The highest BCUT2D eigenvalue weighted by atomic mass is 15.2. The summed E-state index contributed by atoms with van der Waals surface area (Å²) in [6.07, 6.45) is 2.99. The molecule has 0 aromatic carbocycles. The van der Waals surface area contributed by atoms with E-state index >= 15 is 0 Å². The summed E-state index contributed by atoms with van der Waals surface area (Å²) < 4.78 is 1.86. The summed E-state index contributed by atoms with van der Waals surface area (Å²) in [6.45, 7) is 4.19. The Kier molecular flexibility index (Phi) is 4.78. The second-order valence-corrected chi connectivity index (χ2v) is 4.20. The molecule has 0 aliphatic heterocycles. The standard InChI is InChI=1S/C11H22N4/c1-5-12-11(9-14(2)3)8-10-6-7-15(4)13-10/h6-7,11-12H,5,8-9H2,1-4H3. The molecule has 1 N–H and O–H groups in total. The highest BCUT2D eigenvalue weighted by molar-refractivity contribution is 5.01. The number of nitrogens with one attached hydrogen (secondary N) is 1. The van der Waals surface area contributed by atoms with Crippen molar-refractivity contribution >= 4 is 0 Å². The summed E-state index contributed by atoms with van der Waals surface area (Å²) in [4.78, 5) is 2.20. The van der Waals surface area contributed by atoms with Crippen LogP contribution in [0.5, 0.6) is 0 Å². The van der Waals surface area contributed by atoms with Crippen molar-refractivity contribution in [3.8, 4) is 0 Å². The zero-order valence-electron chi connectivity index (χ0n) is 10.2. The summed E-state index contributed by atoms with van der Waals surface area (Å²) >= 11 is 0. The van der Waals surface area contributed by atoms with Crippen LogP contribution < -0.4 is 5.32 Å². The lowest BCUT2D eigenvalue weighted by Crippen LogP contribution is -2.39. The van der Waals surface area contributed by atoms with Gasteiger partial charge in [-0.25, -0.2) is 0 Å². The summed E-state index contributed by atoms with van der Waals surface area (Å²) in [5.74, 6) is 0. The van der Waals surface area contributed by atoms with E-state index in [1.807, 2.05) is 17.9 Å². The number of nitrogens with zero attached hydrogens (tertiary/aromatic N) is 3. The van der Waals surface area contributed by atoms with E-state index in [4.69, 9.17) is 0 Å². The van der Waals surface area contributed by atoms with Crippen LogP contribution in [0, 0.1) is 0 Å². The lowest BCUT2D eigenvalue weighted by atomic mass is 10.1. The quantitative estimate of drug-likeness (QED) is 0.742. The van der Waals surface area contributed by atoms with Crippen molar-refractivity contribution in [3.05, 3.63) is 18.0 Å². The van der Waals surface area contributed by atoms with Crippen LogP contribution in [0.15, 0.2) is 12.3 Å². The molecule has 0 radical (unpaired) electrons. The van der Waals surface area contributed by atoms with E-state index < -0.39 is 0 Å². The number of hydrogen-bond acceptors (Lipinski definition) is 3. The SMILES string of the molecule is CCNC(Cc1ccn(C)n1)CN(C)C. The zero-order valence-corrected chi connectivity index (χ0v) is 10.2. The molecule has 4 heteroatoms. The van der Waals surface area contributed by atoms with Crippen LogP contribution >= 0.6 is 0 Å². The van der Waals surface area contributed by atoms with E-state index in [2.05, 4.69) is 42.4 Å². The minimum absolute atomic E-state index is 0.486. The third kappa shape index (κ3) is 4.44. The highest BCUT2D eigenvalue weighted by Crippen LogP contribution is 2.01. The van der Waals surface area contributed by atoms with Gasteiger partial charge in [0.25, 0.3) is 0 Å². The van der Waals surface area contributed by atoms with Crippen LogP contribution in [0.3, 0.4) is 0 Å². The minimum atomic E-state index is 0.486. The molecule has 0 saturated carbocycles. The third-order valence-electron chi connectivity index (χ3n) is 2.30. The van der Waals surface area contributed by atoms with Crippen LogP contribution in [0.4, 0.5) is 0 Å². The maximum absolute atomic E-state index is 4.40. The molecule has 1 rings (SSSR count). The van der Waals surface area contributed by atoms with Crippen molar-refractivity contribution in [2.75, 3.05) is 27.2 Å². The largest absolute Gasteiger partial charge is 0.313 e. The van der Waals surface area contributed by atoms with Crippen molar-refractivity contribution in [1.29, 1.82) is 0 Å². The van der Waals surface area contributed by atoms with E-state index in [0.29, 0.717) is 6.04 Å². The van der Waals surface area contributed by atoms with Gasteiger partial charge in [-0.3, -0.25) is 4.68 Å². The van der Waals surface area contributed by atoms with Gasteiger partial charge >= 0.3 is 0 Å². The lowest BCUT2D eigenvalue weighted by molar-refractivity contribution is 0.337. The smallest absolute Gasteiger partial charge is 0.0640 e. The molecule has 86 valence electrons. The molecule has 1 aromatic heterocycles. The zero-order chi connectivity index (χ0) is 11.3. The number of aryl methyl sites for hydroxylation is 1. The van der Waals surface area contributed by atoms with E-state index in [0.717, 1.165) is 25.2 Å². The van der Waals surface area contributed by atoms with E-state index in [1.165, 1.54) is 0 Å². The number of rotatable bonds is 6. The Morgan fingerprint density at radius 1 is 1.53 bits per heavy atom. The molecular formula is C11H22N4. The molecule has 4 nitrogen and oxygen atoms in total. The Hall–Kier alpha value is -0.870. The van der Waals surface area contributed by atoms with Crippen molar-refractivity contribution in [2.24, 2.45) is 7.05 Å². The minimum Gasteiger partial charge on any atom is -0.313 e. The van der Waals surface area contributed by atoms with Gasteiger partial charge in [-0.2, -0.15) is 5.10 Å². The fraction of sp³-hybridized carbons (Fsp3) is 0.727. The van der Waals surface area contributed by atoms with Crippen LogP contribution in [0.2, 0.25) is 0 Å². The van der Waals surface area contributed by atoms with Crippen molar-refractivity contribution in [2.45, 2.75) is 19.4 Å². The van der Waals surface area contributed by atoms with Gasteiger partial charge in [0.1, 0.15) is 0 Å². The van der Waals surface area contributed by atoms with Gasteiger partial charge in [-0.15, -0.1) is 0 Å². The fourth-order valence-electron chi connectivity index (χ4n) is 1.76. The first-order valence-electron chi connectivity index (χ1n) is 5.48. The van der Waals surface area contributed by atoms with Gasteiger partial charge in [-0.1, -0.05) is 6.92 Å². The first kappa shape index (κ1) is 12.2. The monoisotopic (exact) mass is 210 g/mol. The van der Waals surface area contributed by atoms with E-state index in [9.17, 15) is 0 Å². The maximum atomic E-state index is 4.40. The molecule has 0 aliphatic rings. The molecule has 1 atom stereocenters. The molecular weight excluding hydrogens is 188 g/mol. The summed E-state index contributed by atoms with van der Waals surface area (Å²) in [6, 6.07) is 2.57. The van der Waals surface area contributed by atoms with Gasteiger partial charge in [-0.05, 0) is 26.7 Å². The highest BCUT2D eigenvalue weighted by Gasteiger charge is 2.10. The van der Waals surface area contributed by atoms with Gasteiger partial charge < -0.3 is 10.2 Å². The van der Waals surface area contributed by atoms with Gasteiger partial charge in [0, 0.05) is 32.3 Å². The predicted molar refractivity (Wildman–Crippen MR) is 62.9 cm³/mol. The van der Waals surface area contributed by atoms with Gasteiger partial charge in [0.2, 0.25) is 0 Å². The molecule has 0 fully saturated rings. The average molecular weight is 210 g/mol. The van der Waals surface area contributed by atoms with Crippen LogP contribution in [-0.4, -0.2) is 47.9 Å². The third-order valence-corrected chi connectivity index (χ3v) is 2.30. The summed E-state index contributed by atoms with van der Waals surface area (Å²) in [7, 11) is 6.16. The molecule has 1 aromatic rings.